The standard InChI is InChI=1S/C71H130O12/c1-4-7-10-13-16-19-22-25-28-30-32-34-37-39-42-45-48-51-54-57-63(72)79-60-62(81-64(73)58-55-52-49-46-43-40-36-27-24-21-18-15-12-9-6-3)61-80-71-69(67(76)66(75)68(83-71)70(77)78)82-65(74)59-56-53-50-47-44-41-38-35-33-31-29-26-23-20-17-14-11-8-5-2/h16,19,25,28,62,66-69,71,75-76H,4-15,17-18,20-24,26-27,29-61H2,1-3H3,(H,77,78)/b19-16-,28-25-. The lowest BCUT2D eigenvalue weighted by atomic mass is 9.98. The van der Waals surface area contributed by atoms with Crippen molar-refractivity contribution in [1.29, 1.82) is 0 Å². The van der Waals surface area contributed by atoms with Crippen LogP contribution in [0.3, 0.4) is 0 Å². The second-order valence-corrected chi connectivity index (χ2v) is 24.5. The molecule has 0 bridgehead atoms. The average Bonchev–Trinajstić information content (AvgIpc) is 3.57. The van der Waals surface area contributed by atoms with E-state index in [9.17, 15) is 34.5 Å². The zero-order chi connectivity index (χ0) is 60.3. The van der Waals surface area contributed by atoms with Crippen molar-refractivity contribution in [1.82, 2.24) is 0 Å². The maximum absolute atomic E-state index is 13.2. The lowest BCUT2D eigenvalue weighted by Gasteiger charge is -2.40. The lowest BCUT2D eigenvalue weighted by molar-refractivity contribution is -0.301. The zero-order valence-corrected chi connectivity index (χ0v) is 54.0. The monoisotopic (exact) mass is 1170 g/mol. The average molecular weight is 1180 g/mol. The van der Waals surface area contributed by atoms with E-state index in [-0.39, 0.29) is 25.9 Å². The number of esters is 3. The highest BCUT2D eigenvalue weighted by atomic mass is 16.7. The molecule has 1 heterocycles. The van der Waals surface area contributed by atoms with E-state index < -0.39 is 67.3 Å². The summed E-state index contributed by atoms with van der Waals surface area (Å²) in [6.45, 7) is 6.05. The number of unbranched alkanes of at least 4 members (excludes halogenated alkanes) is 44. The van der Waals surface area contributed by atoms with Crippen LogP contribution in [0.25, 0.3) is 0 Å². The largest absolute Gasteiger partial charge is 0.479 e. The molecule has 0 saturated carbocycles. The van der Waals surface area contributed by atoms with Gasteiger partial charge in [0.2, 0.25) is 0 Å². The molecule has 3 N–H and O–H groups in total. The number of carbonyl (C=O) groups excluding carboxylic acids is 3. The number of carbonyl (C=O) groups is 4. The molecule has 12 nitrogen and oxygen atoms in total. The van der Waals surface area contributed by atoms with Crippen molar-refractivity contribution in [2.24, 2.45) is 0 Å². The molecule has 0 radical (unpaired) electrons. The van der Waals surface area contributed by atoms with E-state index in [2.05, 4.69) is 45.1 Å². The van der Waals surface area contributed by atoms with Gasteiger partial charge in [-0.15, -0.1) is 0 Å². The summed E-state index contributed by atoms with van der Waals surface area (Å²) in [4.78, 5) is 51.5. The fourth-order valence-electron chi connectivity index (χ4n) is 11.1. The highest BCUT2D eigenvalue weighted by Crippen LogP contribution is 2.27. The number of carboxylic acid groups (broad SMARTS) is 1. The molecular formula is C71H130O12. The Morgan fingerprint density at radius 3 is 1.11 bits per heavy atom. The minimum Gasteiger partial charge on any atom is -0.479 e. The molecule has 0 spiro atoms. The number of aliphatic hydroxyl groups excluding tert-OH is 2. The number of rotatable bonds is 62. The van der Waals surface area contributed by atoms with Crippen LogP contribution in [0.1, 0.15) is 355 Å². The van der Waals surface area contributed by atoms with E-state index in [0.717, 1.165) is 70.6 Å². The number of aliphatic carboxylic acids is 1. The second-order valence-electron chi connectivity index (χ2n) is 24.5. The third kappa shape index (κ3) is 48.9. The summed E-state index contributed by atoms with van der Waals surface area (Å²) >= 11 is 0. The van der Waals surface area contributed by atoms with Gasteiger partial charge in [-0.3, -0.25) is 14.4 Å². The zero-order valence-electron chi connectivity index (χ0n) is 54.0. The number of ether oxygens (including phenoxy) is 5. The minimum atomic E-state index is -1.90. The van der Waals surface area contributed by atoms with E-state index in [1.807, 2.05) is 0 Å². The Kier molecular flexibility index (Phi) is 56.1. The van der Waals surface area contributed by atoms with Crippen LogP contribution < -0.4 is 0 Å². The summed E-state index contributed by atoms with van der Waals surface area (Å²) in [5.74, 6) is -3.07. The number of hydrogen-bond donors (Lipinski definition) is 3. The van der Waals surface area contributed by atoms with Crippen LogP contribution >= 0.6 is 0 Å². The fourth-order valence-corrected chi connectivity index (χ4v) is 11.1. The van der Waals surface area contributed by atoms with E-state index in [1.165, 1.54) is 225 Å². The third-order valence-electron chi connectivity index (χ3n) is 16.5. The summed E-state index contributed by atoms with van der Waals surface area (Å²) in [6, 6.07) is 0. The van der Waals surface area contributed by atoms with Gasteiger partial charge in [0.1, 0.15) is 18.8 Å². The van der Waals surface area contributed by atoms with Crippen molar-refractivity contribution in [3.05, 3.63) is 24.3 Å². The molecule has 0 aromatic rings. The molecule has 0 aliphatic carbocycles. The molecule has 1 aliphatic heterocycles. The van der Waals surface area contributed by atoms with E-state index in [0.29, 0.717) is 19.3 Å². The van der Waals surface area contributed by atoms with Gasteiger partial charge in [0, 0.05) is 19.3 Å². The summed E-state index contributed by atoms with van der Waals surface area (Å²) in [7, 11) is 0. The molecular weight excluding hydrogens is 1040 g/mol. The molecule has 1 rings (SSSR count). The van der Waals surface area contributed by atoms with Gasteiger partial charge < -0.3 is 39.0 Å². The Balaban J connectivity index is 2.60. The van der Waals surface area contributed by atoms with Gasteiger partial charge in [-0.1, -0.05) is 308 Å². The van der Waals surface area contributed by atoms with E-state index >= 15 is 0 Å². The van der Waals surface area contributed by atoms with Crippen LogP contribution in [0.5, 0.6) is 0 Å². The first-order valence-corrected chi connectivity index (χ1v) is 35.3. The summed E-state index contributed by atoms with van der Waals surface area (Å²) in [6.07, 6.45) is 58.4. The molecule has 1 fully saturated rings. The molecule has 0 aromatic carbocycles. The number of carboxylic acids is 1. The third-order valence-corrected chi connectivity index (χ3v) is 16.5. The Morgan fingerprint density at radius 1 is 0.398 bits per heavy atom. The molecule has 0 amide bonds. The van der Waals surface area contributed by atoms with Crippen LogP contribution in [-0.2, 0) is 42.9 Å². The van der Waals surface area contributed by atoms with Gasteiger partial charge in [-0.05, 0) is 51.4 Å². The van der Waals surface area contributed by atoms with Crippen LogP contribution in [0.4, 0.5) is 0 Å². The first kappa shape index (κ1) is 78.2. The fraction of sp³-hybridized carbons (Fsp3) is 0.887. The highest BCUT2D eigenvalue weighted by Gasteiger charge is 2.50. The Hall–Kier alpha value is -2.80. The Morgan fingerprint density at radius 2 is 0.723 bits per heavy atom. The SMILES string of the molecule is CCCCC/C=C\C/C=C\CCCCCCCCCCCC(=O)OCC(COC1OC(C(=O)O)C(O)C(O)C1OC(=O)CCCCCCCCCCCCCCCCCCCCC)OC(=O)CCCCCCCCCCCCCCCCC. The molecule has 6 unspecified atom stereocenters. The maximum atomic E-state index is 13.2. The van der Waals surface area contributed by atoms with Crippen molar-refractivity contribution >= 4 is 23.9 Å². The van der Waals surface area contributed by atoms with Gasteiger partial charge in [-0.2, -0.15) is 0 Å². The predicted octanol–water partition coefficient (Wildman–Crippen LogP) is 19.4. The summed E-state index contributed by atoms with van der Waals surface area (Å²) < 4.78 is 28.6. The quantitative estimate of drug-likeness (QED) is 0.0228. The normalized spacial score (nSPS) is 17.6. The summed E-state index contributed by atoms with van der Waals surface area (Å²) in [5.41, 5.74) is 0. The van der Waals surface area contributed by atoms with Crippen LogP contribution in [-0.4, -0.2) is 89.2 Å². The first-order valence-electron chi connectivity index (χ1n) is 35.3. The first-order chi connectivity index (χ1) is 40.6. The molecule has 486 valence electrons. The predicted molar refractivity (Wildman–Crippen MR) is 340 cm³/mol. The number of aliphatic hydroxyl groups is 2. The van der Waals surface area contributed by atoms with Gasteiger partial charge >= 0.3 is 23.9 Å². The van der Waals surface area contributed by atoms with Gasteiger partial charge in [0.25, 0.3) is 0 Å². The van der Waals surface area contributed by atoms with Crippen molar-refractivity contribution in [2.75, 3.05) is 13.2 Å². The van der Waals surface area contributed by atoms with Gasteiger partial charge in [-0.25, -0.2) is 4.79 Å². The number of hydrogen-bond acceptors (Lipinski definition) is 11. The van der Waals surface area contributed by atoms with E-state index in [4.69, 9.17) is 23.7 Å². The van der Waals surface area contributed by atoms with Crippen molar-refractivity contribution < 1.29 is 58.2 Å². The van der Waals surface area contributed by atoms with Gasteiger partial charge in [0.15, 0.2) is 24.6 Å². The lowest BCUT2D eigenvalue weighted by Crippen LogP contribution is -2.61. The molecule has 83 heavy (non-hydrogen) atoms. The maximum Gasteiger partial charge on any atom is 0.335 e. The van der Waals surface area contributed by atoms with Crippen LogP contribution in [0.15, 0.2) is 24.3 Å². The molecule has 0 aromatic heterocycles. The van der Waals surface area contributed by atoms with Crippen molar-refractivity contribution in [2.45, 2.75) is 391 Å². The summed E-state index contributed by atoms with van der Waals surface area (Å²) in [5, 5.41) is 31.7. The molecule has 12 heteroatoms. The molecule has 1 aliphatic rings. The highest BCUT2D eigenvalue weighted by molar-refractivity contribution is 5.74. The Bertz CT molecular complexity index is 1530. The molecule has 1 saturated heterocycles. The molecule has 6 atom stereocenters. The van der Waals surface area contributed by atoms with Crippen molar-refractivity contribution in [3.8, 4) is 0 Å². The Labute approximate surface area is 508 Å². The number of allylic oxidation sites excluding steroid dienone is 4. The van der Waals surface area contributed by atoms with Crippen LogP contribution in [0, 0.1) is 0 Å². The minimum absolute atomic E-state index is 0.0684. The van der Waals surface area contributed by atoms with E-state index in [1.54, 1.807) is 0 Å². The topological polar surface area (TPSA) is 175 Å². The van der Waals surface area contributed by atoms with Crippen molar-refractivity contribution in [3.63, 3.8) is 0 Å². The second kappa shape index (κ2) is 59.5. The smallest absolute Gasteiger partial charge is 0.335 e. The van der Waals surface area contributed by atoms with Gasteiger partial charge in [0.05, 0.1) is 6.61 Å². The van der Waals surface area contributed by atoms with Crippen LogP contribution in [0.2, 0.25) is 0 Å².